The molecule has 0 amide bonds. The zero-order chi connectivity index (χ0) is 19.3. The van der Waals surface area contributed by atoms with Crippen molar-refractivity contribution in [3.05, 3.63) is 83.6 Å². The van der Waals surface area contributed by atoms with Gasteiger partial charge < -0.3 is 15.2 Å². The summed E-state index contributed by atoms with van der Waals surface area (Å²) in [5, 5.41) is 10.5. The van der Waals surface area contributed by atoms with Crippen molar-refractivity contribution in [2.45, 2.75) is 20.4 Å². The van der Waals surface area contributed by atoms with E-state index < -0.39 is 0 Å². The van der Waals surface area contributed by atoms with Gasteiger partial charge in [0, 0.05) is 24.2 Å². The highest BCUT2D eigenvalue weighted by Gasteiger charge is 2.09. The quantitative estimate of drug-likeness (QED) is 0.491. The minimum Gasteiger partial charge on any atom is -0.360 e. The molecular weight excluding hydrogens is 350 g/mol. The van der Waals surface area contributed by atoms with Gasteiger partial charge in [-0.25, -0.2) is 4.98 Å². The second-order valence-corrected chi connectivity index (χ2v) is 6.62. The number of nitrogens with zero attached hydrogens (tertiary/aromatic N) is 3. The fourth-order valence-electron chi connectivity index (χ4n) is 2.79. The van der Waals surface area contributed by atoms with E-state index >= 15 is 0 Å². The zero-order valence-corrected chi connectivity index (χ0v) is 15.8. The number of hydrogen-bond acceptors (Lipinski definition) is 6. The largest absolute Gasteiger partial charge is 0.360 e. The summed E-state index contributed by atoms with van der Waals surface area (Å²) in [6.07, 6.45) is 0. The topological polar surface area (TPSA) is 75.9 Å². The molecule has 28 heavy (non-hydrogen) atoms. The van der Waals surface area contributed by atoms with Gasteiger partial charge in [-0.05, 0) is 19.4 Å². The highest BCUT2D eigenvalue weighted by molar-refractivity contribution is 5.66. The molecule has 2 N–H and O–H groups in total. The molecular formula is C22H21N5O. The molecule has 0 aliphatic heterocycles. The minimum absolute atomic E-state index is 0.546. The highest BCUT2D eigenvalue weighted by atomic mass is 16.5. The van der Waals surface area contributed by atoms with Crippen molar-refractivity contribution in [1.29, 1.82) is 0 Å². The van der Waals surface area contributed by atoms with Crippen molar-refractivity contribution >= 4 is 17.6 Å². The predicted molar refractivity (Wildman–Crippen MR) is 110 cm³/mol. The number of anilines is 3. The van der Waals surface area contributed by atoms with Gasteiger partial charge in [0.25, 0.3) is 0 Å². The molecule has 0 spiro atoms. The first-order chi connectivity index (χ1) is 13.7. The molecule has 0 saturated carbocycles. The monoisotopic (exact) mass is 371 g/mol. The first kappa shape index (κ1) is 17.7. The van der Waals surface area contributed by atoms with Crippen molar-refractivity contribution in [2.75, 3.05) is 10.6 Å². The van der Waals surface area contributed by atoms with Crippen LogP contribution in [0.15, 0.2) is 71.3 Å². The van der Waals surface area contributed by atoms with Gasteiger partial charge >= 0.3 is 0 Å². The molecule has 0 atom stereocenters. The smallest absolute Gasteiger partial charge is 0.225 e. The molecule has 0 fully saturated rings. The van der Waals surface area contributed by atoms with Gasteiger partial charge in [0.15, 0.2) is 5.82 Å². The maximum Gasteiger partial charge on any atom is 0.225 e. The van der Waals surface area contributed by atoms with Gasteiger partial charge in [-0.2, -0.15) is 4.98 Å². The molecule has 6 heteroatoms. The molecule has 2 heterocycles. The highest BCUT2D eigenvalue weighted by Crippen LogP contribution is 2.23. The number of nitrogens with one attached hydrogen (secondary N) is 2. The standard InChI is InChI=1S/C22H21N5O/c1-15-8-10-17(11-9-15)14-23-22-24-19(18-6-4-3-5-7-18)13-20(26-22)25-21-12-16(2)28-27-21/h3-13H,14H2,1-2H3,(H2,23,24,25,26,27). The maximum atomic E-state index is 5.13. The summed E-state index contributed by atoms with van der Waals surface area (Å²) < 4.78 is 5.13. The molecule has 0 unspecified atom stereocenters. The van der Waals surface area contributed by atoms with Gasteiger partial charge in [0.2, 0.25) is 5.95 Å². The molecule has 4 aromatic rings. The number of aryl methyl sites for hydroxylation is 2. The lowest BCUT2D eigenvalue weighted by molar-refractivity contribution is 0.400. The summed E-state index contributed by atoms with van der Waals surface area (Å²) in [6, 6.07) is 22.1. The third-order valence-electron chi connectivity index (χ3n) is 4.25. The van der Waals surface area contributed by atoms with Gasteiger partial charge in [0.1, 0.15) is 11.6 Å². The Morgan fingerprint density at radius 3 is 2.36 bits per heavy atom. The van der Waals surface area contributed by atoms with E-state index in [1.165, 1.54) is 11.1 Å². The molecule has 2 aromatic carbocycles. The van der Waals surface area contributed by atoms with Crippen LogP contribution in [0.1, 0.15) is 16.9 Å². The summed E-state index contributed by atoms with van der Waals surface area (Å²) in [5.41, 5.74) is 4.24. The van der Waals surface area contributed by atoms with Gasteiger partial charge in [0.05, 0.1) is 5.69 Å². The Balaban J connectivity index is 1.62. The van der Waals surface area contributed by atoms with Crippen LogP contribution >= 0.6 is 0 Å². The van der Waals surface area contributed by atoms with Crippen LogP contribution in [0.25, 0.3) is 11.3 Å². The molecule has 140 valence electrons. The van der Waals surface area contributed by atoms with Crippen LogP contribution in [0.4, 0.5) is 17.6 Å². The molecule has 0 aliphatic carbocycles. The summed E-state index contributed by atoms with van der Waals surface area (Å²) in [4.78, 5) is 9.26. The minimum atomic E-state index is 0.546. The van der Waals surface area contributed by atoms with Gasteiger partial charge in [-0.3, -0.25) is 0 Å². The average Bonchev–Trinajstić information content (AvgIpc) is 3.12. The molecule has 0 saturated heterocycles. The first-order valence-electron chi connectivity index (χ1n) is 9.10. The van der Waals surface area contributed by atoms with E-state index in [1.54, 1.807) is 0 Å². The van der Waals surface area contributed by atoms with Gasteiger partial charge in [-0.1, -0.05) is 65.3 Å². The SMILES string of the molecule is Cc1ccc(CNc2nc(Nc3cc(C)on3)cc(-c3ccccc3)n2)cc1. The molecule has 0 aliphatic rings. The summed E-state index contributed by atoms with van der Waals surface area (Å²) >= 11 is 0. The summed E-state index contributed by atoms with van der Waals surface area (Å²) in [7, 11) is 0. The fourth-order valence-corrected chi connectivity index (χ4v) is 2.79. The van der Waals surface area contributed by atoms with Crippen molar-refractivity contribution in [1.82, 2.24) is 15.1 Å². The van der Waals surface area contributed by atoms with Crippen molar-refractivity contribution in [3.8, 4) is 11.3 Å². The number of aromatic nitrogens is 3. The third-order valence-corrected chi connectivity index (χ3v) is 4.25. The van der Waals surface area contributed by atoms with Crippen molar-refractivity contribution < 1.29 is 4.52 Å². The molecule has 6 nitrogen and oxygen atoms in total. The first-order valence-corrected chi connectivity index (χ1v) is 9.10. The van der Waals surface area contributed by atoms with E-state index in [9.17, 15) is 0 Å². The normalized spacial score (nSPS) is 10.6. The van der Waals surface area contributed by atoms with E-state index in [4.69, 9.17) is 4.52 Å². The second kappa shape index (κ2) is 7.92. The lowest BCUT2D eigenvalue weighted by Gasteiger charge is -2.10. The Morgan fingerprint density at radius 2 is 1.64 bits per heavy atom. The van der Waals surface area contributed by atoms with E-state index in [0.29, 0.717) is 24.1 Å². The Bertz CT molecular complexity index is 1060. The summed E-state index contributed by atoms with van der Waals surface area (Å²) in [5.74, 6) is 2.54. The van der Waals surface area contributed by atoms with E-state index in [0.717, 1.165) is 17.0 Å². The number of rotatable bonds is 6. The van der Waals surface area contributed by atoms with Crippen molar-refractivity contribution in [3.63, 3.8) is 0 Å². The van der Waals surface area contributed by atoms with Crippen molar-refractivity contribution in [2.24, 2.45) is 0 Å². The second-order valence-electron chi connectivity index (χ2n) is 6.62. The lowest BCUT2D eigenvalue weighted by Crippen LogP contribution is -2.06. The maximum absolute atomic E-state index is 5.13. The van der Waals surface area contributed by atoms with Crippen LogP contribution < -0.4 is 10.6 Å². The average molecular weight is 371 g/mol. The van der Waals surface area contributed by atoms with E-state index in [1.807, 2.05) is 49.4 Å². The van der Waals surface area contributed by atoms with Gasteiger partial charge in [-0.15, -0.1) is 0 Å². The van der Waals surface area contributed by atoms with E-state index in [2.05, 4.69) is 56.9 Å². The Hall–Kier alpha value is -3.67. The number of hydrogen-bond donors (Lipinski definition) is 2. The lowest BCUT2D eigenvalue weighted by atomic mass is 10.1. The molecule has 0 bridgehead atoms. The van der Waals surface area contributed by atoms with Crippen LogP contribution in [0.2, 0.25) is 0 Å². The van der Waals surface area contributed by atoms with E-state index in [-0.39, 0.29) is 0 Å². The van der Waals surface area contributed by atoms with Crippen LogP contribution in [0.3, 0.4) is 0 Å². The van der Waals surface area contributed by atoms with Crippen LogP contribution in [-0.4, -0.2) is 15.1 Å². The predicted octanol–water partition coefficient (Wildman–Crippen LogP) is 5.10. The van der Waals surface area contributed by atoms with Crippen LogP contribution in [0, 0.1) is 13.8 Å². The van der Waals surface area contributed by atoms with Crippen LogP contribution in [0.5, 0.6) is 0 Å². The molecule has 4 rings (SSSR count). The summed E-state index contributed by atoms with van der Waals surface area (Å²) in [6.45, 7) is 4.57. The van der Waals surface area contributed by atoms with Crippen LogP contribution in [-0.2, 0) is 6.54 Å². The Kier molecular flexibility index (Phi) is 5.01. The Labute approximate surface area is 163 Å². The molecule has 2 aromatic heterocycles. The third kappa shape index (κ3) is 4.35. The number of benzene rings is 2. The zero-order valence-electron chi connectivity index (χ0n) is 15.8. The fraction of sp³-hybridized carbons (Fsp3) is 0.136. The molecule has 0 radical (unpaired) electrons. The Morgan fingerprint density at radius 1 is 0.857 bits per heavy atom.